The Morgan fingerprint density at radius 2 is 2.40 bits per heavy atom. The molecule has 8 nitrogen and oxygen atoms in total. The fourth-order valence-corrected chi connectivity index (χ4v) is 2.31. The standard InChI is InChI=1S/C11H14BrN7O/c1-6(10-15-17-18-16-10)14-8-4-13-19(5-7-2-3-7)11(20)9(8)12/h4,6-7,14H,2-3,5H2,1H3,(H,15,16,17,18). The number of H-pyrrole nitrogens is 1. The first-order valence-corrected chi connectivity index (χ1v) is 7.20. The number of nitrogens with zero attached hydrogens (tertiary/aromatic N) is 5. The molecule has 0 aromatic carbocycles. The number of halogens is 1. The predicted molar refractivity (Wildman–Crippen MR) is 75.1 cm³/mol. The second-order valence-electron chi connectivity index (χ2n) is 4.94. The molecule has 1 fully saturated rings. The zero-order chi connectivity index (χ0) is 14.1. The van der Waals surface area contributed by atoms with Gasteiger partial charge < -0.3 is 5.32 Å². The van der Waals surface area contributed by atoms with Crippen LogP contribution in [0.3, 0.4) is 0 Å². The maximum atomic E-state index is 12.2. The van der Waals surface area contributed by atoms with E-state index in [1.54, 1.807) is 6.20 Å². The van der Waals surface area contributed by atoms with Crippen molar-refractivity contribution in [2.75, 3.05) is 5.32 Å². The van der Waals surface area contributed by atoms with Gasteiger partial charge in [-0.2, -0.15) is 10.3 Å². The van der Waals surface area contributed by atoms with E-state index >= 15 is 0 Å². The van der Waals surface area contributed by atoms with E-state index in [0.29, 0.717) is 28.4 Å². The van der Waals surface area contributed by atoms with Crippen molar-refractivity contribution in [3.63, 3.8) is 0 Å². The summed E-state index contributed by atoms with van der Waals surface area (Å²) in [7, 11) is 0. The number of aromatic amines is 1. The topological polar surface area (TPSA) is 101 Å². The molecule has 2 heterocycles. The number of aromatic nitrogens is 6. The average Bonchev–Trinajstić information content (AvgIpc) is 3.07. The number of nitrogens with one attached hydrogen (secondary N) is 2. The van der Waals surface area contributed by atoms with Crippen molar-refractivity contribution in [2.24, 2.45) is 5.92 Å². The molecule has 0 amide bonds. The lowest BCUT2D eigenvalue weighted by Crippen LogP contribution is -2.25. The molecular weight excluding hydrogens is 326 g/mol. The Balaban J connectivity index is 1.79. The fraction of sp³-hybridized carbons (Fsp3) is 0.545. The van der Waals surface area contributed by atoms with Crippen molar-refractivity contribution in [1.29, 1.82) is 0 Å². The zero-order valence-corrected chi connectivity index (χ0v) is 12.5. The molecule has 2 N–H and O–H groups in total. The summed E-state index contributed by atoms with van der Waals surface area (Å²) in [6.07, 6.45) is 4.01. The molecule has 0 aliphatic heterocycles. The molecule has 106 valence electrons. The molecule has 0 spiro atoms. The SMILES string of the molecule is CC(Nc1cnn(CC2CC2)c(=O)c1Br)c1nn[nH]n1. The van der Waals surface area contributed by atoms with Crippen molar-refractivity contribution in [3.05, 3.63) is 26.8 Å². The summed E-state index contributed by atoms with van der Waals surface area (Å²) in [5, 5.41) is 21.1. The van der Waals surface area contributed by atoms with Crippen LogP contribution in [0.15, 0.2) is 15.5 Å². The van der Waals surface area contributed by atoms with Crippen LogP contribution in [0, 0.1) is 5.92 Å². The van der Waals surface area contributed by atoms with Crippen LogP contribution >= 0.6 is 15.9 Å². The van der Waals surface area contributed by atoms with Gasteiger partial charge in [-0.15, -0.1) is 10.2 Å². The Hall–Kier alpha value is -1.77. The highest BCUT2D eigenvalue weighted by Gasteiger charge is 2.23. The summed E-state index contributed by atoms with van der Waals surface area (Å²) >= 11 is 3.33. The average molecular weight is 340 g/mol. The predicted octanol–water partition coefficient (Wildman–Crippen LogP) is 1.10. The van der Waals surface area contributed by atoms with E-state index in [2.05, 4.69) is 47.0 Å². The van der Waals surface area contributed by atoms with Gasteiger partial charge in [-0.05, 0) is 41.6 Å². The lowest BCUT2D eigenvalue weighted by molar-refractivity contribution is 0.531. The lowest BCUT2D eigenvalue weighted by atomic mass is 10.3. The molecule has 3 rings (SSSR count). The lowest BCUT2D eigenvalue weighted by Gasteiger charge is -2.13. The third-order valence-corrected chi connectivity index (χ3v) is 4.00. The van der Waals surface area contributed by atoms with Crippen LogP contribution in [0.1, 0.15) is 31.6 Å². The minimum atomic E-state index is -0.175. The van der Waals surface area contributed by atoms with Gasteiger partial charge in [0.15, 0.2) is 5.82 Å². The van der Waals surface area contributed by atoms with Crippen LogP contribution in [0.2, 0.25) is 0 Å². The molecule has 20 heavy (non-hydrogen) atoms. The van der Waals surface area contributed by atoms with Crippen molar-refractivity contribution in [2.45, 2.75) is 32.4 Å². The van der Waals surface area contributed by atoms with Gasteiger partial charge in [0.25, 0.3) is 5.56 Å². The Bertz CT molecular complexity index is 649. The molecule has 0 radical (unpaired) electrons. The number of rotatable bonds is 5. The summed E-state index contributed by atoms with van der Waals surface area (Å²) in [5.41, 5.74) is 0.501. The van der Waals surface area contributed by atoms with E-state index < -0.39 is 0 Å². The van der Waals surface area contributed by atoms with Crippen molar-refractivity contribution in [1.82, 2.24) is 30.4 Å². The van der Waals surface area contributed by atoms with Crippen molar-refractivity contribution < 1.29 is 0 Å². The molecular formula is C11H14BrN7O. The van der Waals surface area contributed by atoms with Gasteiger partial charge in [0.2, 0.25) is 0 Å². The van der Waals surface area contributed by atoms with E-state index in [1.165, 1.54) is 17.5 Å². The maximum absolute atomic E-state index is 12.2. The Labute approximate surface area is 123 Å². The smallest absolute Gasteiger partial charge is 0.283 e. The van der Waals surface area contributed by atoms with Crippen LogP contribution < -0.4 is 10.9 Å². The van der Waals surface area contributed by atoms with E-state index in [0.717, 1.165) is 0 Å². The van der Waals surface area contributed by atoms with Gasteiger partial charge in [0.05, 0.1) is 17.9 Å². The highest BCUT2D eigenvalue weighted by Crippen LogP contribution is 2.30. The van der Waals surface area contributed by atoms with E-state index in [1.807, 2.05) is 6.92 Å². The summed E-state index contributed by atoms with van der Waals surface area (Å²) in [6, 6.07) is -0.175. The largest absolute Gasteiger partial charge is 0.373 e. The Kier molecular flexibility index (Phi) is 3.51. The molecule has 1 saturated carbocycles. The summed E-state index contributed by atoms with van der Waals surface area (Å²) in [5.74, 6) is 1.13. The normalized spacial score (nSPS) is 16.1. The summed E-state index contributed by atoms with van der Waals surface area (Å²) in [4.78, 5) is 12.2. The molecule has 2 aromatic heterocycles. The quantitative estimate of drug-likeness (QED) is 0.845. The monoisotopic (exact) mass is 339 g/mol. The molecule has 1 atom stereocenters. The van der Waals surface area contributed by atoms with Gasteiger partial charge in [0, 0.05) is 6.54 Å². The Morgan fingerprint density at radius 1 is 1.60 bits per heavy atom. The molecule has 2 aromatic rings. The highest BCUT2D eigenvalue weighted by atomic mass is 79.9. The minimum Gasteiger partial charge on any atom is -0.373 e. The number of anilines is 1. The first kappa shape index (κ1) is 13.2. The van der Waals surface area contributed by atoms with E-state index in [-0.39, 0.29) is 11.6 Å². The molecule has 1 aliphatic carbocycles. The second kappa shape index (κ2) is 5.31. The molecule has 0 bridgehead atoms. The summed E-state index contributed by atoms with van der Waals surface area (Å²) < 4.78 is 1.98. The van der Waals surface area contributed by atoms with Gasteiger partial charge in [0.1, 0.15) is 4.47 Å². The highest BCUT2D eigenvalue weighted by molar-refractivity contribution is 9.10. The number of tetrazole rings is 1. The molecule has 0 saturated heterocycles. The van der Waals surface area contributed by atoms with Gasteiger partial charge in [-0.25, -0.2) is 4.68 Å². The van der Waals surface area contributed by atoms with Crippen LogP contribution in [-0.2, 0) is 6.54 Å². The summed E-state index contributed by atoms with van der Waals surface area (Å²) in [6.45, 7) is 2.57. The molecule has 1 aliphatic rings. The first-order valence-electron chi connectivity index (χ1n) is 6.40. The van der Waals surface area contributed by atoms with Gasteiger partial charge >= 0.3 is 0 Å². The van der Waals surface area contributed by atoms with Crippen LogP contribution in [-0.4, -0.2) is 30.4 Å². The van der Waals surface area contributed by atoms with E-state index in [4.69, 9.17) is 0 Å². The van der Waals surface area contributed by atoms with Crippen LogP contribution in [0.4, 0.5) is 5.69 Å². The Morgan fingerprint density at radius 3 is 3.05 bits per heavy atom. The van der Waals surface area contributed by atoms with Gasteiger partial charge in [-0.3, -0.25) is 4.79 Å². The second-order valence-corrected chi connectivity index (χ2v) is 5.73. The van der Waals surface area contributed by atoms with Crippen molar-refractivity contribution in [3.8, 4) is 0 Å². The van der Waals surface area contributed by atoms with Crippen LogP contribution in [0.5, 0.6) is 0 Å². The molecule has 1 unspecified atom stereocenters. The van der Waals surface area contributed by atoms with Crippen molar-refractivity contribution >= 4 is 21.6 Å². The minimum absolute atomic E-state index is 0.123. The van der Waals surface area contributed by atoms with Crippen LogP contribution in [0.25, 0.3) is 0 Å². The van der Waals surface area contributed by atoms with Gasteiger partial charge in [-0.1, -0.05) is 5.21 Å². The zero-order valence-electron chi connectivity index (χ0n) is 10.9. The first-order chi connectivity index (χ1) is 9.65. The third-order valence-electron chi connectivity index (χ3n) is 3.23. The fourth-order valence-electron chi connectivity index (χ4n) is 1.89. The maximum Gasteiger partial charge on any atom is 0.283 e. The molecule has 9 heteroatoms. The number of hydrogen-bond donors (Lipinski definition) is 2. The van der Waals surface area contributed by atoms with E-state index in [9.17, 15) is 4.79 Å². The number of hydrogen-bond acceptors (Lipinski definition) is 6. The third kappa shape index (κ3) is 2.72.